The third-order valence-electron chi connectivity index (χ3n) is 3.61. The molecule has 28 heavy (non-hydrogen) atoms. The number of hydrogen-bond acceptors (Lipinski definition) is 3. The van der Waals surface area contributed by atoms with Crippen molar-refractivity contribution < 1.29 is 9.90 Å². The molecule has 0 bridgehead atoms. The van der Waals surface area contributed by atoms with Crippen LogP contribution >= 0.6 is 46.6 Å². The van der Waals surface area contributed by atoms with E-state index in [0.29, 0.717) is 10.0 Å². The van der Waals surface area contributed by atoms with Crippen LogP contribution in [-0.2, 0) is 17.1 Å². The maximum atomic E-state index is 9.00. The summed E-state index contributed by atoms with van der Waals surface area (Å²) in [5.41, 5.74) is 2.30. The number of carboxylic acids is 1. The highest BCUT2D eigenvalue weighted by Gasteiger charge is 2.17. The lowest BCUT2D eigenvalue weighted by molar-refractivity contribution is -0.134. The lowest BCUT2D eigenvalue weighted by Crippen LogP contribution is -2.06. The van der Waals surface area contributed by atoms with E-state index in [9.17, 15) is 0 Å². The molecule has 0 radical (unpaired) electrons. The van der Waals surface area contributed by atoms with Gasteiger partial charge in [0.25, 0.3) is 5.97 Å². The summed E-state index contributed by atoms with van der Waals surface area (Å²) in [7, 11) is 0. The van der Waals surface area contributed by atoms with Gasteiger partial charge in [0.15, 0.2) is 0 Å². The predicted octanol–water partition coefficient (Wildman–Crippen LogP) is 6.61. The molecule has 0 unspecified atom stereocenters. The van der Waals surface area contributed by atoms with Crippen molar-refractivity contribution in [1.82, 2.24) is 9.55 Å². The van der Waals surface area contributed by atoms with Crippen LogP contribution in [0, 0.1) is 0 Å². The summed E-state index contributed by atoms with van der Waals surface area (Å²) >= 11 is 20.2. The molecule has 1 N–H and O–H groups in total. The summed E-state index contributed by atoms with van der Waals surface area (Å²) in [6.07, 6.45) is 5.56. The number of aliphatic carboxylic acids is 1. The number of thioether (sulfide) groups is 1. The minimum atomic E-state index is -0.833. The second-order valence-corrected chi connectivity index (χ2v) is 8.34. The zero-order valence-electron chi connectivity index (χ0n) is 15.1. The second-order valence-electron chi connectivity index (χ2n) is 5.87. The van der Waals surface area contributed by atoms with Crippen molar-refractivity contribution in [3.8, 4) is 0 Å². The first-order chi connectivity index (χ1) is 13.3. The molecule has 1 aromatic heterocycles. The summed E-state index contributed by atoms with van der Waals surface area (Å²) in [6, 6.07) is 13.6. The Morgan fingerprint density at radius 1 is 1.14 bits per heavy atom. The molecule has 0 saturated heterocycles. The Bertz CT molecular complexity index is 883. The van der Waals surface area contributed by atoms with Gasteiger partial charge in [-0.25, -0.2) is 4.98 Å². The van der Waals surface area contributed by atoms with E-state index >= 15 is 0 Å². The standard InChI is InChI=1S/C18H15Cl3N2S.C2H4O2/c19-14-3-1-13(2-4-14)11-24-18(10-23-8-7-22-12-23)16-6-5-15(20)9-17(16)21;1-2(3)4/h1-9,12,18H,10-11H2;1H3,(H,3,4)/t18-;/m0./s1. The van der Waals surface area contributed by atoms with Crippen molar-refractivity contribution in [2.45, 2.75) is 24.5 Å². The molecule has 0 saturated carbocycles. The molecule has 0 aliphatic rings. The highest BCUT2D eigenvalue weighted by molar-refractivity contribution is 7.98. The van der Waals surface area contributed by atoms with E-state index in [1.165, 1.54) is 5.56 Å². The lowest BCUT2D eigenvalue weighted by Gasteiger charge is -2.19. The fourth-order valence-electron chi connectivity index (χ4n) is 2.37. The first kappa shape index (κ1) is 22.6. The van der Waals surface area contributed by atoms with Crippen molar-refractivity contribution in [3.63, 3.8) is 0 Å². The van der Waals surface area contributed by atoms with Gasteiger partial charge >= 0.3 is 0 Å². The molecule has 148 valence electrons. The summed E-state index contributed by atoms with van der Waals surface area (Å²) in [4.78, 5) is 13.1. The Morgan fingerprint density at radius 3 is 2.36 bits per heavy atom. The molecule has 3 aromatic rings. The monoisotopic (exact) mass is 456 g/mol. The van der Waals surface area contributed by atoms with Crippen LogP contribution in [0.4, 0.5) is 0 Å². The number of carboxylic acid groups (broad SMARTS) is 1. The van der Waals surface area contributed by atoms with Gasteiger partial charge in [-0.05, 0) is 35.4 Å². The van der Waals surface area contributed by atoms with E-state index < -0.39 is 5.97 Å². The van der Waals surface area contributed by atoms with Crippen LogP contribution < -0.4 is 0 Å². The van der Waals surface area contributed by atoms with Gasteiger partial charge in [-0.2, -0.15) is 0 Å². The Morgan fingerprint density at radius 2 is 1.79 bits per heavy atom. The van der Waals surface area contributed by atoms with Crippen LogP contribution in [0.15, 0.2) is 61.2 Å². The van der Waals surface area contributed by atoms with Gasteiger partial charge in [-0.1, -0.05) is 53.0 Å². The molecule has 0 aliphatic carbocycles. The SMILES string of the molecule is CC(=O)O.Clc1ccc(CS[C@@H](Cn2ccnc2)c2ccc(Cl)cc2Cl)cc1. The highest BCUT2D eigenvalue weighted by atomic mass is 35.5. The van der Waals surface area contributed by atoms with Crippen molar-refractivity contribution in [2.24, 2.45) is 0 Å². The van der Waals surface area contributed by atoms with Crippen LogP contribution in [-0.4, -0.2) is 20.6 Å². The van der Waals surface area contributed by atoms with E-state index in [1.54, 1.807) is 12.3 Å². The van der Waals surface area contributed by atoms with Crippen molar-refractivity contribution in [1.29, 1.82) is 0 Å². The molecule has 0 spiro atoms. The largest absolute Gasteiger partial charge is 0.481 e. The first-order valence-electron chi connectivity index (χ1n) is 8.31. The summed E-state index contributed by atoms with van der Waals surface area (Å²) in [5, 5.41) is 9.70. The van der Waals surface area contributed by atoms with Gasteiger partial charge in [0.2, 0.25) is 0 Å². The van der Waals surface area contributed by atoms with Crippen LogP contribution in [0.1, 0.15) is 23.3 Å². The fraction of sp³-hybridized carbons (Fsp3) is 0.200. The predicted molar refractivity (Wildman–Crippen MR) is 117 cm³/mol. The minimum Gasteiger partial charge on any atom is -0.481 e. The van der Waals surface area contributed by atoms with Gasteiger partial charge in [0, 0.05) is 51.9 Å². The van der Waals surface area contributed by atoms with Gasteiger partial charge in [0.05, 0.1) is 6.33 Å². The molecule has 1 heterocycles. The van der Waals surface area contributed by atoms with Crippen LogP contribution in [0.2, 0.25) is 15.1 Å². The Kier molecular flexibility index (Phi) is 9.19. The average Bonchev–Trinajstić information content (AvgIpc) is 3.13. The number of rotatable bonds is 6. The van der Waals surface area contributed by atoms with E-state index in [-0.39, 0.29) is 5.25 Å². The molecular formula is C20H19Cl3N2O2S. The van der Waals surface area contributed by atoms with Crippen LogP contribution in [0.5, 0.6) is 0 Å². The van der Waals surface area contributed by atoms with E-state index in [2.05, 4.69) is 9.55 Å². The van der Waals surface area contributed by atoms with Crippen molar-refractivity contribution >= 4 is 52.5 Å². The zero-order valence-corrected chi connectivity index (χ0v) is 18.1. The number of imidazole rings is 1. The van der Waals surface area contributed by atoms with Crippen molar-refractivity contribution in [3.05, 3.63) is 87.4 Å². The number of nitrogens with zero attached hydrogens (tertiary/aromatic N) is 2. The lowest BCUT2D eigenvalue weighted by atomic mass is 10.1. The number of aromatic nitrogens is 2. The van der Waals surface area contributed by atoms with Crippen molar-refractivity contribution in [2.75, 3.05) is 0 Å². The molecule has 4 nitrogen and oxygen atoms in total. The molecule has 0 fully saturated rings. The Balaban J connectivity index is 0.000000640. The number of hydrogen-bond donors (Lipinski definition) is 1. The average molecular weight is 458 g/mol. The van der Waals surface area contributed by atoms with Crippen LogP contribution in [0.3, 0.4) is 0 Å². The number of halogens is 3. The van der Waals surface area contributed by atoms with Gasteiger partial charge in [-0.15, -0.1) is 11.8 Å². The first-order valence-corrected chi connectivity index (χ1v) is 10.5. The quantitative estimate of drug-likeness (QED) is 0.452. The third-order valence-corrected chi connectivity index (χ3v) is 5.73. The topological polar surface area (TPSA) is 55.1 Å². The summed E-state index contributed by atoms with van der Waals surface area (Å²) in [6.45, 7) is 1.87. The van der Waals surface area contributed by atoms with E-state index in [4.69, 9.17) is 44.7 Å². The Hall–Kier alpha value is -1.66. The minimum absolute atomic E-state index is 0.194. The van der Waals surface area contributed by atoms with Gasteiger partial charge in [-0.3, -0.25) is 4.79 Å². The van der Waals surface area contributed by atoms with E-state index in [1.807, 2.05) is 60.7 Å². The molecular weight excluding hydrogens is 439 g/mol. The fourth-order valence-corrected chi connectivity index (χ4v) is 4.35. The second kappa shape index (κ2) is 11.4. The molecule has 8 heteroatoms. The maximum absolute atomic E-state index is 9.00. The zero-order chi connectivity index (χ0) is 20.5. The maximum Gasteiger partial charge on any atom is 0.300 e. The van der Waals surface area contributed by atoms with Crippen LogP contribution in [0.25, 0.3) is 0 Å². The van der Waals surface area contributed by atoms with Gasteiger partial charge in [0.1, 0.15) is 0 Å². The smallest absolute Gasteiger partial charge is 0.300 e. The van der Waals surface area contributed by atoms with Gasteiger partial charge < -0.3 is 9.67 Å². The third kappa shape index (κ3) is 7.76. The summed E-state index contributed by atoms with van der Waals surface area (Å²) in [5.74, 6) is 0.0372. The highest BCUT2D eigenvalue weighted by Crippen LogP contribution is 2.38. The molecule has 0 amide bonds. The number of carbonyl (C=O) groups is 1. The molecule has 1 atom stereocenters. The van der Waals surface area contributed by atoms with E-state index in [0.717, 1.165) is 29.8 Å². The molecule has 0 aliphatic heterocycles. The number of benzene rings is 2. The molecule has 2 aromatic carbocycles. The summed E-state index contributed by atoms with van der Waals surface area (Å²) < 4.78 is 2.06. The molecule has 3 rings (SSSR count). The Labute approximate surface area is 183 Å². The normalized spacial score (nSPS) is 11.4.